The van der Waals surface area contributed by atoms with E-state index < -0.39 is 5.91 Å². The zero-order chi connectivity index (χ0) is 14.8. The summed E-state index contributed by atoms with van der Waals surface area (Å²) in [5.41, 5.74) is 0.622. The Morgan fingerprint density at radius 3 is 2.81 bits per heavy atom. The van der Waals surface area contributed by atoms with Crippen LogP contribution in [0.1, 0.15) is 15.4 Å². The van der Waals surface area contributed by atoms with Gasteiger partial charge in [0.15, 0.2) is 5.13 Å². The molecule has 3 aromatic heterocycles. The van der Waals surface area contributed by atoms with E-state index in [9.17, 15) is 9.59 Å². The molecule has 106 valence electrons. The Kier molecular flexibility index (Phi) is 3.63. The van der Waals surface area contributed by atoms with Crippen LogP contribution in [0.15, 0.2) is 34.4 Å². The van der Waals surface area contributed by atoms with Crippen LogP contribution in [-0.2, 0) is 0 Å². The van der Waals surface area contributed by atoms with Gasteiger partial charge in [0.25, 0.3) is 11.5 Å². The van der Waals surface area contributed by atoms with Gasteiger partial charge in [-0.15, -0.1) is 22.7 Å². The molecule has 0 saturated heterocycles. The van der Waals surface area contributed by atoms with Crippen LogP contribution in [0.5, 0.6) is 0 Å². The lowest BCUT2D eigenvalue weighted by Crippen LogP contribution is -2.17. The first-order valence-corrected chi connectivity index (χ1v) is 7.71. The summed E-state index contributed by atoms with van der Waals surface area (Å²) in [4.78, 5) is 29.5. The Labute approximate surface area is 127 Å². The SMILES string of the molecule is Cc1ccc(-c2csc(NC(=O)c3ccc(=O)[nH]n3)n2)s1. The average molecular weight is 318 g/mol. The maximum atomic E-state index is 11.9. The largest absolute Gasteiger partial charge is 0.296 e. The maximum absolute atomic E-state index is 11.9. The van der Waals surface area contributed by atoms with Gasteiger partial charge in [0.1, 0.15) is 5.69 Å². The van der Waals surface area contributed by atoms with E-state index in [4.69, 9.17) is 0 Å². The number of carbonyl (C=O) groups excluding carboxylic acids is 1. The first-order chi connectivity index (χ1) is 10.1. The number of rotatable bonds is 3. The first-order valence-electron chi connectivity index (χ1n) is 6.01. The first kappa shape index (κ1) is 13.7. The molecule has 0 aliphatic carbocycles. The number of nitrogens with one attached hydrogen (secondary N) is 2. The third-order valence-electron chi connectivity index (χ3n) is 2.63. The highest BCUT2D eigenvalue weighted by molar-refractivity contribution is 7.17. The second-order valence-corrected chi connectivity index (χ2v) is 6.35. The molecule has 3 heterocycles. The number of hydrogen-bond acceptors (Lipinski definition) is 6. The van der Waals surface area contributed by atoms with E-state index in [1.807, 2.05) is 24.4 Å². The minimum absolute atomic E-state index is 0.137. The predicted octanol–water partition coefficient (Wildman–Crippen LogP) is 2.52. The summed E-state index contributed by atoms with van der Waals surface area (Å²) in [5, 5.41) is 10.9. The van der Waals surface area contributed by atoms with Gasteiger partial charge in [-0.1, -0.05) is 0 Å². The monoisotopic (exact) mass is 318 g/mol. The van der Waals surface area contributed by atoms with E-state index in [1.165, 1.54) is 28.3 Å². The van der Waals surface area contributed by atoms with Crippen LogP contribution in [0.4, 0.5) is 5.13 Å². The zero-order valence-corrected chi connectivity index (χ0v) is 12.5. The molecule has 0 aromatic carbocycles. The van der Waals surface area contributed by atoms with Gasteiger partial charge in [0.05, 0.1) is 10.6 Å². The van der Waals surface area contributed by atoms with Gasteiger partial charge in [-0.2, -0.15) is 5.10 Å². The second-order valence-electron chi connectivity index (χ2n) is 4.21. The van der Waals surface area contributed by atoms with Gasteiger partial charge in [0.2, 0.25) is 0 Å². The van der Waals surface area contributed by atoms with E-state index in [0.29, 0.717) is 5.13 Å². The van der Waals surface area contributed by atoms with Crippen molar-refractivity contribution in [3.63, 3.8) is 0 Å². The summed E-state index contributed by atoms with van der Waals surface area (Å²) in [6.45, 7) is 2.03. The molecule has 3 rings (SSSR count). The highest BCUT2D eigenvalue weighted by Crippen LogP contribution is 2.30. The van der Waals surface area contributed by atoms with Crippen LogP contribution >= 0.6 is 22.7 Å². The predicted molar refractivity (Wildman–Crippen MR) is 83.0 cm³/mol. The fourth-order valence-electron chi connectivity index (χ4n) is 1.65. The fourth-order valence-corrected chi connectivity index (χ4v) is 3.26. The van der Waals surface area contributed by atoms with Crippen molar-refractivity contribution in [2.75, 3.05) is 5.32 Å². The lowest BCUT2D eigenvalue weighted by Gasteiger charge is -1.99. The lowest BCUT2D eigenvalue weighted by molar-refractivity contribution is 0.102. The van der Waals surface area contributed by atoms with Crippen molar-refractivity contribution >= 4 is 33.7 Å². The number of hydrogen-bond donors (Lipinski definition) is 2. The highest BCUT2D eigenvalue weighted by Gasteiger charge is 2.12. The fraction of sp³-hybridized carbons (Fsp3) is 0.0769. The molecule has 0 fully saturated rings. The number of aromatic nitrogens is 3. The van der Waals surface area contributed by atoms with Gasteiger partial charge in [0, 0.05) is 16.3 Å². The van der Waals surface area contributed by atoms with Gasteiger partial charge in [-0.25, -0.2) is 10.1 Å². The molecular formula is C13H10N4O2S2. The Bertz CT molecular complexity index is 829. The van der Waals surface area contributed by atoms with Crippen LogP contribution in [0.2, 0.25) is 0 Å². The van der Waals surface area contributed by atoms with Crippen molar-refractivity contribution in [2.24, 2.45) is 0 Å². The molecule has 0 atom stereocenters. The molecule has 3 aromatic rings. The van der Waals surface area contributed by atoms with Crippen LogP contribution in [-0.4, -0.2) is 21.1 Å². The van der Waals surface area contributed by atoms with Crippen LogP contribution in [0.25, 0.3) is 10.6 Å². The maximum Gasteiger partial charge on any atom is 0.277 e. The molecule has 0 unspecified atom stereocenters. The standard InChI is InChI=1S/C13H10N4O2S2/c1-7-2-4-10(21-7)9-6-20-13(14-9)15-12(19)8-3-5-11(18)17-16-8/h2-6H,1H3,(H,17,18)(H,14,15,19). The number of aromatic amines is 1. The number of H-pyrrole nitrogens is 1. The van der Waals surface area contributed by atoms with Crippen molar-refractivity contribution in [3.8, 4) is 10.6 Å². The van der Waals surface area contributed by atoms with Crippen LogP contribution in [0.3, 0.4) is 0 Å². The molecule has 1 amide bonds. The average Bonchev–Trinajstić information content (AvgIpc) is 3.08. The highest BCUT2D eigenvalue weighted by atomic mass is 32.1. The number of anilines is 1. The molecule has 6 nitrogen and oxygen atoms in total. The van der Waals surface area contributed by atoms with Gasteiger partial charge >= 0.3 is 0 Å². The Balaban J connectivity index is 1.76. The third-order valence-corrected chi connectivity index (χ3v) is 4.41. The van der Waals surface area contributed by atoms with E-state index in [0.717, 1.165) is 10.6 Å². The molecule has 0 radical (unpaired) electrons. The second kappa shape index (κ2) is 5.58. The van der Waals surface area contributed by atoms with E-state index in [-0.39, 0.29) is 11.3 Å². The van der Waals surface area contributed by atoms with Crippen LogP contribution in [0, 0.1) is 6.92 Å². The van der Waals surface area contributed by atoms with E-state index >= 15 is 0 Å². The Morgan fingerprint density at radius 2 is 2.14 bits per heavy atom. The molecule has 8 heteroatoms. The molecule has 0 aliphatic rings. The molecule has 0 aliphatic heterocycles. The van der Waals surface area contributed by atoms with Crippen molar-refractivity contribution in [3.05, 3.63) is 50.6 Å². The number of amides is 1. The van der Waals surface area contributed by atoms with Gasteiger partial charge < -0.3 is 0 Å². The molecule has 0 bridgehead atoms. The number of aryl methyl sites for hydroxylation is 1. The molecular weight excluding hydrogens is 308 g/mol. The normalized spacial score (nSPS) is 10.5. The summed E-state index contributed by atoms with van der Waals surface area (Å²) in [6.07, 6.45) is 0. The Morgan fingerprint density at radius 1 is 1.29 bits per heavy atom. The minimum atomic E-state index is -0.408. The zero-order valence-electron chi connectivity index (χ0n) is 10.9. The van der Waals surface area contributed by atoms with Crippen molar-refractivity contribution < 1.29 is 4.79 Å². The Hall–Kier alpha value is -2.32. The van der Waals surface area contributed by atoms with Gasteiger partial charge in [-0.3, -0.25) is 14.9 Å². The van der Waals surface area contributed by atoms with Crippen molar-refractivity contribution in [2.45, 2.75) is 6.92 Å². The minimum Gasteiger partial charge on any atom is -0.296 e. The molecule has 2 N–H and O–H groups in total. The summed E-state index contributed by atoms with van der Waals surface area (Å²) in [7, 11) is 0. The number of thiophene rings is 1. The van der Waals surface area contributed by atoms with E-state index in [1.54, 1.807) is 11.3 Å². The smallest absolute Gasteiger partial charge is 0.277 e. The van der Waals surface area contributed by atoms with Crippen molar-refractivity contribution in [1.82, 2.24) is 15.2 Å². The summed E-state index contributed by atoms with van der Waals surface area (Å²) >= 11 is 2.99. The molecule has 0 spiro atoms. The summed E-state index contributed by atoms with van der Waals surface area (Å²) < 4.78 is 0. The summed E-state index contributed by atoms with van der Waals surface area (Å²) in [6, 6.07) is 6.65. The third kappa shape index (κ3) is 3.06. The lowest BCUT2D eigenvalue weighted by atomic mass is 10.4. The number of nitrogens with zero attached hydrogens (tertiary/aromatic N) is 2. The molecule has 0 saturated carbocycles. The van der Waals surface area contributed by atoms with Crippen LogP contribution < -0.4 is 10.9 Å². The number of thiazole rings is 1. The summed E-state index contributed by atoms with van der Waals surface area (Å²) in [5.74, 6) is -0.408. The van der Waals surface area contributed by atoms with Crippen molar-refractivity contribution in [1.29, 1.82) is 0 Å². The number of carbonyl (C=O) groups is 1. The molecule has 21 heavy (non-hydrogen) atoms. The quantitative estimate of drug-likeness (QED) is 0.776. The van der Waals surface area contributed by atoms with Gasteiger partial charge in [-0.05, 0) is 25.1 Å². The topological polar surface area (TPSA) is 87.7 Å². The van der Waals surface area contributed by atoms with E-state index in [2.05, 4.69) is 20.5 Å².